The first-order valence-electron chi connectivity index (χ1n) is 9.77. The van der Waals surface area contributed by atoms with Gasteiger partial charge in [-0.15, -0.1) is 0 Å². The molecule has 1 atom stereocenters. The van der Waals surface area contributed by atoms with Gasteiger partial charge in [0.1, 0.15) is 6.10 Å². The summed E-state index contributed by atoms with van der Waals surface area (Å²) in [6.07, 6.45) is 9.62. The maximum Gasteiger partial charge on any atom is 0.303 e. The van der Waals surface area contributed by atoms with E-state index >= 15 is 0 Å². The normalized spacial score (nSPS) is 18.3. The van der Waals surface area contributed by atoms with Crippen molar-refractivity contribution in [2.45, 2.75) is 58.0 Å². The lowest BCUT2D eigenvalue weighted by atomic mass is 9.94. The molecule has 1 unspecified atom stereocenters. The number of allylic oxidation sites excluding steroid dienone is 1. The Morgan fingerprint density at radius 1 is 1.22 bits per heavy atom. The molecule has 2 aliphatic rings. The molecule has 0 fully saturated rings. The number of carbonyl (C=O) groups excluding carboxylic acids is 1. The van der Waals surface area contributed by atoms with Crippen molar-refractivity contribution in [3.05, 3.63) is 33.8 Å². The molecule has 0 saturated heterocycles. The standard InChI is InChI=1S/C21H28BrNO4/c1-15(24)27-18-8-2-5-16(11-18)6-3-9-23-10-4-7-17-12-20-21(13-19(17)22)26-14-25-20/h11-13,18,23H,2-10,14H2,1H3. The fourth-order valence-electron chi connectivity index (χ4n) is 3.59. The number of hydrogen-bond donors (Lipinski definition) is 1. The average Bonchev–Trinajstić information content (AvgIpc) is 3.07. The van der Waals surface area contributed by atoms with Gasteiger partial charge in [-0.3, -0.25) is 4.79 Å². The molecule has 0 aromatic heterocycles. The molecule has 0 amide bonds. The second-order valence-corrected chi connectivity index (χ2v) is 7.97. The Bertz CT molecular complexity index is 689. The molecule has 1 aliphatic heterocycles. The number of rotatable bonds is 9. The van der Waals surface area contributed by atoms with Crippen LogP contribution in [0.15, 0.2) is 28.3 Å². The highest BCUT2D eigenvalue weighted by Crippen LogP contribution is 2.37. The van der Waals surface area contributed by atoms with Crippen LogP contribution in [0.25, 0.3) is 0 Å². The second-order valence-electron chi connectivity index (χ2n) is 7.12. The van der Waals surface area contributed by atoms with E-state index < -0.39 is 0 Å². The largest absolute Gasteiger partial charge is 0.458 e. The quantitative estimate of drug-likeness (QED) is 0.349. The Hall–Kier alpha value is -1.53. The van der Waals surface area contributed by atoms with Gasteiger partial charge in [-0.05, 0) is 81.8 Å². The number of fused-ring (bicyclic) bond motifs is 1. The number of halogens is 1. The van der Waals surface area contributed by atoms with Crippen LogP contribution in [0.4, 0.5) is 0 Å². The van der Waals surface area contributed by atoms with E-state index in [0.29, 0.717) is 6.79 Å². The van der Waals surface area contributed by atoms with Crippen LogP contribution in [-0.2, 0) is 16.0 Å². The van der Waals surface area contributed by atoms with E-state index in [2.05, 4.69) is 33.4 Å². The van der Waals surface area contributed by atoms with Crippen molar-refractivity contribution in [2.75, 3.05) is 19.9 Å². The summed E-state index contributed by atoms with van der Waals surface area (Å²) < 4.78 is 17.2. The van der Waals surface area contributed by atoms with Crippen LogP contribution in [0.5, 0.6) is 11.5 Å². The molecule has 0 saturated carbocycles. The zero-order valence-corrected chi connectivity index (χ0v) is 17.5. The molecule has 0 bridgehead atoms. The van der Waals surface area contributed by atoms with Crippen molar-refractivity contribution < 1.29 is 19.0 Å². The first-order chi connectivity index (χ1) is 13.1. The van der Waals surface area contributed by atoms with Gasteiger partial charge in [0, 0.05) is 11.4 Å². The van der Waals surface area contributed by atoms with Gasteiger partial charge < -0.3 is 19.5 Å². The Kier molecular flexibility index (Phi) is 7.59. The van der Waals surface area contributed by atoms with Gasteiger partial charge in [-0.25, -0.2) is 0 Å². The number of nitrogens with one attached hydrogen (secondary N) is 1. The molecular formula is C21H28BrNO4. The fourth-order valence-corrected chi connectivity index (χ4v) is 4.12. The van der Waals surface area contributed by atoms with Crippen molar-refractivity contribution in [3.63, 3.8) is 0 Å². The number of aryl methyl sites for hydroxylation is 1. The molecule has 6 heteroatoms. The predicted octanol–water partition coefficient (Wildman–Crippen LogP) is 4.52. The maximum absolute atomic E-state index is 11.1. The third-order valence-electron chi connectivity index (χ3n) is 4.92. The number of benzene rings is 1. The monoisotopic (exact) mass is 437 g/mol. The summed E-state index contributed by atoms with van der Waals surface area (Å²) in [5.74, 6) is 1.47. The summed E-state index contributed by atoms with van der Waals surface area (Å²) in [7, 11) is 0. The summed E-state index contributed by atoms with van der Waals surface area (Å²) in [6, 6.07) is 4.06. The van der Waals surface area contributed by atoms with Gasteiger partial charge in [-0.1, -0.05) is 21.5 Å². The summed E-state index contributed by atoms with van der Waals surface area (Å²) in [5.41, 5.74) is 2.68. The van der Waals surface area contributed by atoms with Gasteiger partial charge in [0.15, 0.2) is 11.5 Å². The highest BCUT2D eigenvalue weighted by molar-refractivity contribution is 9.10. The van der Waals surface area contributed by atoms with Crippen molar-refractivity contribution in [3.8, 4) is 11.5 Å². The van der Waals surface area contributed by atoms with E-state index in [4.69, 9.17) is 14.2 Å². The molecule has 27 heavy (non-hydrogen) atoms. The Labute approximate surface area is 169 Å². The SMILES string of the molecule is CC(=O)OC1C=C(CCCNCCCc2cc3c(cc2Br)OCO3)CCC1. The Morgan fingerprint density at radius 3 is 2.74 bits per heavy atom. The van der Waals surface area contributed by atoms with Crippen molar-refractivity contribution in [2.24, 2.45) is 0 Å². The van der Waals surface area contributed by atoms with Gasteiger partial charge in [-0.2, -0.15) is 0 Å². The minimum absolute atomic E-state index is 0.0145. The van der Waals surface area contributed by atoms with Crippen LogP contribution in [0.2, 0.25) is 0 Å². The van der Waals surface area contributed by atoms with Crippen LogP contribution in [0, 0.1) is 0 Å². The first kappa shape index (κ1) is 20.2. The lowest BCUT2D eigenvalue weighted by Gasteiger charge is -2.21. The molecule has 1 heterocycles. The lowest BCUT2D eigenvalue weighted by molar-refractivity contribution is -0.144. The Balaban J connectivity index is 1.30. The maximum atomic E-state index is 11.1. The summed E-state index contributed by atoms with van der Waals surface area (Å²) in [5, 5.41) is 3.53. The van der Waals surface area contributed by atoms with Crippen molar-refractivity contribution in [1.29, 1.82) is 0 Å². The van der Waals surface area contributed by atoms with Crippen LogP contribution >= 0.6 is 15.9 Å². The van der Waals surface area contributed by atoms with Crippen molar-refractivity contribution in [1.82, 2.24) is 5.32 Å². The molecule has 148 valence electrons. The minimum Gasteiger partial charge on any atom is -0.458 e. The van der Waals surface area contributed by atoms with Crippen LogP contribution < -0.4 is 14.8 Å². The Morgan fingerprint density at radius 2 is 1.96 bits per heavy atom. The average molecular weight is 438 g/mol. The summed E-state index contributed by atoms with van der Waals surface area (Å²) >= 11 is 3.61. The van der Waals surface area contributed by atoms with Gasteiger partial charge >= 0.3 is 5.97 Å². The van der Waals surface area contributed by atoms with Gasteiger partial charge in [0.2, 0.25) is 6.79 Å². The van der Waals surface area contributed by atoms with Gasteiger partial charge in [0.05, 0.1) is 0 Å². The molecule has 0 radical (unpaired) electrons. The van der Waals surface area contributed by atoms with Crippen LogP contribution in [0.1, 0.15) is 51.0 Å². The van der Waals surface area contributed by atoms with E-state index in [0.717, 1.165) is 74.0 Å². The molecular weight excluding hydrogens is 410 g/mol. The number of ether oxygens (including phenoxy) is 3. The number of esters is 1. The first-order valence-corrected chi connectivity index (χ1v) is 10.6. The number of hydrogen-bond acceptors (Lipinski definition) is 5. The third-order valence-corrected chi connectivity index (χ3v) is 5.66. The molecule has 3 rings (SSSR count). The lowest BCUT2D eigenvalue weighted by Crippen LogP contribution is -2.19. The topological polar surface area (TPSA) is 56.8 Å². The molecule has 1 aromatic carbocycles. The van der Waals surface area contributed by atoms with E-state index in [1.807, 2.05) is 6.07 Å². The predicted molar refractivity (Wildman–Crippen MR) is 108 cm³/mol. The van der Waals surface area contributed by atoms with E-state index in [1.165, 1.54) is 18.1 Å². The third kappa shape index (κ3) is 6.25. The highest BCUT2D eigenvalue weighted by atomic mass is 79.9. The summed E-state index contributed by atoms with van der Waals surface area (Å²) in [4.78, 5) is 11.1. The zero-order valence-electron chi connectivity index (χ0n) is 15.9. The van der Waals surface area contributed by atoms with E-state index in [1.54, 1.807) is 0 Å². The molecule has 5 nitrogen and oxygen atoms in total. The smallest absolute Gasteiger partial charge is 0.303 e. The summed E-state index contributed by atoms with van der Waals surface area (Å²) in [6.45, 7) is 3.80. The number of carbonyl (C=O) groups is 1. The minimum atomic E-state index is -0.187. The fraction of sp³-hybridized carbons (Fsp3) is 0.571. The molecule has 1 aromatic rings. The van der Waals surface area contributed by atoms with E-state index in [9.17, 15) is 4.79 Å². The molecule has 1 aliphatic carbocycles. The van der Waals surface area contributed by atoms with Crippen LogP contribution in [-0.4, -0.2) is 32.0 Å². The molecule has 0 spiro atoms. The molecule has 1 N–H and O–H groups in total. The second kappa shape index (κ2) is 10.1. The van der Waals surface area contributed by atoms with E-state index in [-0.39, 0.29) is 12.1 Å². The van der Waals surface area contributed by atoms with Crippen LogP contribution in [0.3, 0.4) is 0 Å². The van der Waals surface area contributed by atoms with Crippen molar-refractivity contribution >= 4 is 21.9 Å². The zero-order chi connectivity index (χ0) is 19.1. The highest BCUT2D eigenvalue weighted by Gasteiger charge is 2.16. The van der Waals surface area contributed by atoms with Gasteiger partial charge in [0.25, 0.3) is 0 Å².